The smallest absolute Gasteiger partial charge is 0.490 e. The normalized spacial score (nSPS) is 16.5. The Balaban J connectivity index is 0.000000676. The molecule has 2 saturated heterocycles. The summed E-state index contributed by atoms with van der Waals surface area (Å²) in [6.07, 6.45) is 1.09. The van der Waals surface area contributed by atoms with E-state index in [2.05, 4.69) is 52.3 Å². The van der Waals surface area contributed by atoms with Crippen molar-refractivity contribution in [2.24, 2.45) is 11.8 Å². The third-order valence-corrected chi connectivity index (χ3v) is 8.35. The number of carbonyl (C=O) groups is 3. The van der Waals surface area contributed by atoms with E-state index in [9.17, 15) is 22.8 Å². The lowest BCUT2D eigenvalue weighted by molar-refractivity contribution is -0.192. The number of rotatable bonds is 10. The van der Waals surface area contributed by atoms with E-state index in [0.717, 1.165) is 62.7 Å². The molecular formula is C33H44F3N3O5. The van der Waals surface area contributed by atoms with Crippen molar-refractivity contribution >= 4 is 17.8 Å². The monoisotopic (exact) mass is 619 g/mol. The van der Waals surface area contributed by atoms with Crippen molar-refractivity contribution in [2.75, 3.05) is 46.4 Å². The Bertz CT molecular complexity index is 1180. The molecule has 0 atom stereocenters. The summed E-state index contributed by atoms with van der Waals surface area (Å²) in [7, 11) is 1.67. The summed E-state index contributed by atoms with van der Waals surface area (Å²) >= 11 is 0. The quantitative estimate of drug-likeness (QED) is 0.390. The van der Waals surface area contributed by atoms with E-state index in [1.807, 2.05) is 17.0 Å². The molecule has 2 aliphatic heterocycles. The van der Waals surface area contributed by atoms with Crippen molar-refractivity contribution in [3.8, 4) is 5.75 Å². The van der Waals surface area contributed by atoms with Gasteiger partial charge in [0.2, 0.25) is 11.8 Å². The van der Waals surface area contributed by atoms with Gasteiger partial charge in [-0.15, -0.1) is 0 Å². The predicted molar refractivity (Wildman–Crippen MR) is 161 cm³/mol. The Morgan fingerprint density at radius 1 is 0.909 bits per heavy atom. The van der Waals surface area contributed by atoms with Crippen molar-refractivity contribution in [1.82, 2.24) is 14.7 Å². The lowest BCUT2D eigenvalue weighted by atomic mass is 9.90. The highest BCUT2D eigenvalue weighted by atomic mass is 19.4. The number of nitrogens with zero attached hydrogens (tertiary/aromatic N) is 3. The van der Waals surface area contributed by atoms with Crippen molar-refractivity contribution in [2.45, 2.75) is 58.2 Å². The number of methoxy groups -OCH3 is 1. The van der Waals surface area contributed by atoms with Gasteiger partial charge in [-0.3, -0.25) is 9.59 Å². The Kier molecular flexibility index (Phi) is 13.5. The third-order valence-electron chi connectivity index (χ3n) is 8.35. The van der Waals surface area contributed by atoms with Gasteiger partial charge in [-0.05, 0) is 87.3 Å². The van der Waals surface area contributed by atoms with Crippen LogP contribution in [0.5, 0.6) is 5.75 Å². The average Bonchev–Trinajstić information content (AvgIpc) is 3.02. The number of benzene rings is 2. The summed E-state index contributed by atoms with van der Waals surface area (Å²) in [5.74, 6) is -0.814. The summed E-state index contributed by atoms with van der Waals surface area (Å²) in [6.45, 7) is 7.69. The zero-order valence-corrected chi connectivity index (χ0v) is 25.6. The molecule has 0 aromatic heterocycles. The lowest BCUT2D eigenvalue weighted by Crippen LogP contribution is -2.44. The number of hydrogen-bond acceptors (Lipinski definition) is 5. The van der Waals surface area contributed by atoms with Crippen molar-refractivity contribution < 1.29 is 37.4 Å². The summed E-state index contributed by atoms with van der Waals surface area (Å²) in [5, 5.41) is 7.12. The number of aliphatic carboxylic acids is 1. The van der Waals surface area contributed by atoms with Gasteiger partial charge in [0, 0.05) is 39.0 Å². The lowest BCUT2D eigenvalue weighted by Gasteiger charge is -2.35. The van der Waals surface area contributed by atoms with Crippen LogP contribution < -0.4 is 4.74 Å². The molecule has 2 amide bonds. The number of ether oxygens (including phenoxy) is 1. The number of carboxylic acids is 1. The third kappa shape index (κ3) is 11.5. The Morgan fingerprint density at radius 3 is 2.02 bits per heavy atom. The second-order valence-electron chi connectivity index (χ2n) is 11.5. The molecule has 0 spiro atoms. The Labute approximate surface area is 257 Å². The van der Waals surface area contributed by atoms with Crippen molar-refractivity contribution in [3.05, 3.63) is 65.7 Å². The largest absolute Gasteiger partial charge is 0.497 e. The number of amides is 2. The van der Waals surface area contributed by atoms with E-state index < -0.39 is 12.1 Å². The zero-order chi connectivity index (χ0) is 32.1. The first-order valence-corrected chi connectivity index (χ1v) is 15.2. The minimum atomic E-state index is -5.08. The Hall–Kier alpha value is -3.60. The first kappa shape index (κ1) is 34.9. The van der Waals surface area contributed by atoms with Crippen LogP contribution in [0, 0.1) is 11.8 Å². The molecule has 0 unspecified atom stereocenters. The molecule has 2 aliphatic rings. The number of likely N-dealkylation sites (tertiary alicyclic amines) is 2. The number of piperidine rings is 2. The molecule has 0 radical (unpaired) electrons. The molecule has 242 valence electrons. The molecule has 2 aromatic rings. The molecule has 8 nitrogen and oxygen atoms in total. The maximum atomic E-state index is 13.6. The molecule has 0 saturated carbocycles. The molecule has 0 bridgehead atoms. The zero-order valence-electron chi connectivity index (χ0n) is 25.6. The van der Waals surface area contributed by atoms with Gasteiger partial charge in [0.05, 0.1) is 7.11 Å². The van der Waals surface area contributed by atoms with Crippen LogP contribution in [0.2, 0.25) is 0 Å². The second-order valence-corrected chi connectivity index (χ2v) is 11.5. The SMILES string of the molecule is COc1ccc(CN(CCCN2CCC(Cc3ccccc3)CC2)C(=O)C2CCN(C(C)=O)CC2)cc1.O=C(O)C(F)(F)F. The standard InChI is InChI=1S/C31H43N3O3.C2HF3O2/c1-25(35)33-21-15-29(16-22-33)31(36)34(24-28-9-11-30(37-2)12-10-28)18-6-17-32-19-13-27(14-20-32)23-26-7-4-3-5-8-26;3-2(4,5)1(6)7/h3-5,7-12,27,29H,6,13-24H2,1-2H3;(H,6,7). The first-order valence-electron chi connectivity index (χ1n) is 15.2. The van der Waals surface area contributed by atoms with Gasteiger partial charge in [-0.2, -0.15) is 13.2 Å². The summed E-state index contributed by atoms with van der Waals surface area (Å²) in [6, 6.07) is 18.9. The number of carbonyl (C=O) groups excluding carboxylic acids is 2. The van der Waals surface area contributed by atoms with E-state index in [1.54, 1.807) is 14.0 Å². The summed E-state index contributed by atoms with van der Waals surface area (Å²) < 4.78 is 37.0. The molecule has 44 heavy (non-hydrogen) atoms. The predicted octanol–water partition coefficient (Wildman–Crippen LogP) is 5.26. The van der Waals surface area contributed by atoms with Crippen molar-refractivity contribution in [1.29, 1.82) is 0 Å². The average molecular weight is 620 g/mol. The van der Waals surface area contributed by atoms with Crippen molar-refractivity contribution in [3.63, 3.8) is 0 Å². The summed E-state index contributed by atoms with van der Waals surface area (Å²) in [4.78, 5) is 40.7. The molecule has 2 heterocycles. The molecule has 2 fully saturated rings. The van der Waals surface area contributed by atoms with E-state index >= 15 is 0 Å². The van der Waals surface area contributed by atoms with Gasteiger partial charge in [-0.1, -0.05) is 42.5 Å². The number of halogens is 3. The van der Waals surface area contributed by atoms with Gasteiger partial charge in [0.25, 0.3) is 0 Å². The van der Waals surface area contributed by atoms with Gasteiger partial charge in [-0.25, -0.2) is 4.79 Å². The first-order chi connectivity index (χ1) is 21.0. The van der Waals surface area contributed by atoms with E-state index in [4.69, 9.17) is 14.6 Å². The fourth-order valence-electron chi connectivity index (χ4n) is 5.76. The Morgan fingerprint density at radius 2 is 1.50 bits per heavy atom. The molecule has 4 rings (SSSR count). The van der Waals surface area contributed by atoms with Crippen LogP contribution in [-0.4, -0.2) is 90.1 Å². The minimum absolute atomic E-state index is 0.00239. The van der Waals surface area contributed by atoms with Crippen LogP contribution in [0.3, 0.4) is 0 Å². The van der Waals surface area contributed by atoms with E-state index in [0.29, 0.717) is 19.6 Å². The number of carboxylic acid groups (broad SMARTS) is 1. The van der Waals surface area contributed by atoms with E-state index in [1.165, 1.54) is 24.8 Å². The van der Waals surface area contributed by atoms with Gasteiger partial charge in [0.15, 0.2) is 0 Å². The number of hydrogen-bond donors (Lipinski definition) is 1. The molecule has 2 aromatic carbocycles. The minimum Gasteiger partial charge on any atom is -0.497 e. The highest BCUT2D eigenvalue weighted by Crippen LogP contribution is 2.24. The van der Waals surface area contributed by atoms with Crippen LogP contribution in [0.15, 0.2) is 54.6 Å². The van der Waals surface area contributed by atoms with Gasteiger partial charge in [0.1, 0.15) is 5.75 Å². The highest BCUT2D eigenvalue weighted by Gasteiger charge is 2.38. The maximum Gasteiger partial charge on any atom is 0.490 e. The maximum absolute atomic E-state index is 13.6. The van der Waals surface area contributed by atoms with Crippen LogP contribution in [0.25, 0.3) is 0 Å². The second kappa shape index (κ2) is 17.0. The van der Waals surface area contributed by atoms with Crippen LogP contribution in [0.1, 0.15) is 50.2 Å². The summed E-state index contributed by atoms with van der Waals surface area (Å²) in [5.41, 5.74) is 2.57. The topological polar surface area (TPSA) is 90.4 Å². The molecule has 0 aliphatic carbocycles. The molecule has 1 N–H and O–H groups in total. The fraction of sp³-hybridized carbons (Fsp3) is 0.545. The molecular weight excluding hydrogens is 575 g/mol. The highest BCUT2D eigenvalue weighted by molar-refractivity contribution is 5.79. The van der Waals surface area contributed by atoms with Gasteiger partial charge >= 0.3 is 12.1 Å². The molecule has 11 heteroatoms. The number of alkyl halides is 3. The van der Waals surface area contributed by atoms with Crippen LogP contribution >= 0.6 is 0 Å². The van der Waals surface area contributed by atoms with E-state index in [-0.39, 0.29) is 17.7 Å². The fourth-order valence-corrected chi connectivity index (χ4v) is 5.76. The van der Waals surface area contributed by atoms with Crippen LogP contribution in [0.4, 0.5) is 13.2 Å². The van der Waals surface area contributed by atoms with Crippen LogP contribution in [-0.2, 0) is 27.3 Å². The van der Waals surface area contributed by atoms with Gasteiger partial charge < -0.3 is 24.5 Å².